The van der Waals surface area contributed by atoms with Crippen LogP contribution in [0.5, 0.6) is 0 Å². The Hall–Kier alpha value is -1.58. The largest absolute Gasteiger partial charge is 0.458 e. The van der Waals surface area contributed by atoms with Crippen molar-refractivity contribution < 1.29 is 4.42 Å². The molecule has 2 aromatic heterocycles. The number of H-pyrrole nitrogens is 1. The molecule has 0 aliphatic carbocycles. The summed E-state index contributed by atoms with van der Waals surface area (Å²) < 4.78 is 5.53. The van der Waals surface area contributed by atoms with Crippen LogP contribution in [-0.4, -0.2) is 15.2 Å². The topological polar surface area (TPSA) is 54.7 Å². The van der Waals surface area contributed by atoms with E-state index in [4.69, 9.17) is 4.42 Å². The average molecular weight is 191 g/mol. The molecule has 0 bridgehead atoms. The fourth-order valence-corrected chi connectivity index (χ4v) is 1.25. The molecular weight excluding hydrogens is 178 g/mol. The van der Waals surface area contributed by atoms with Gasteiger partial charge >= 0.3 is 0 Å². The van der Waals surface area contributed by atoms with Gasteiger partial charge in [-0.2, -0.15) is 5.10 Å². The van der Waals surface area contributed by atoms with Crippen molar-refractivity contribution >= 4 is 0 Å². The first kappa shape index (κ1) is 8.99. The normalized spacial score (nSPS) is 10.7. The predicted molar refractivity (Wildman–Crippen MR) is 52.8 cm³/mol. The summed E-state index contributed by atoms with van der Waals surface area (Å²) in [6.07, 6.45) is 1.75. The Morgan fingerprint density at radius 1 is 1.29 bits per heavy atom. The molecule has 0 amide bonds. The average Bonchev–Trinajstić information content (AvgIpc) is 2.86. The van der Waals surface area contributed by atoms with E-state index in [0.29, 0.717) is 5.82 Å². The van der Waals surface area contributed by atoms with E-state index in [1.807, 2.05) is 19.1 Å². The van der Waals surface area contributed by atoms with Gasteiger partial charge in [0, 0.05) is 12.8 Å². The molecule has 2 rings (SSSR count). The molecule has 0 unspecified atom stereocenters. The first-order valence-corrected chi connectivity index (χ1v) is 4.83. The third kappa shape index (κ3) is 1.55. The monoisotopic (exact) mass is 191 g/mol. The number of furan rings is 1. The summed E-state index contributed by atoms with van der Waals surface area (Å²) in [5, 5.41) is 6.94. The van der Waals surface area contributed by atoms with Gasteiger partial charge in [-0.1, -0.05) is 13.8 Å². The molecule has 0 aromatic carbocycles. The molecule has 0 radical (unpaired) electrons. The summed E-state index contributed by atoms with van der Waals surface area (Å²) in [5.41, 5.74) is 0. The van der Waals surface area contributed by atoms with Crippen molar-refractivity contribution in [3.63, 3.8) is 0 Å². The molecule has 1 N–H and O–H groups in total. The Morgan fingerprint density at radius 2 is 2.14 bits per heavy atom. The number of aromatic nitrogens is 3. The molecule has 0 atom stereocenters. The molecule has 4 nitrogen and oxygen atoms in total. The Labute approximate surface area is 82.4 Å². The number of hydrogen-bond donors (Lipinski definition) is 1. The minimum absolute atomic E-state index is 0.640. The van der Waals surface area contributed by atoms with Gasteiger partial charge in [-0.25, -0.2) is 4.98 Å². The van der Waals surface area contributed by atoms with Gasteiger partial charge in [-0.15, -0.1) is 0 Å². The van der Waals surface area contributed by atoms with Gasteiger partial charge < -0.3 is 4.42 Å². The smallest absolute Gasteiger partial charge is 0.216 e. The predicted octanol–water partition coefficient (Wildman–Crippen LogP) is 2.19. The number of nitrogens with zero attached hydrogens (tertiary/aromatic N) is 2. The van der Waals surface area contributed by atoms with Crippen LogP contribution >= 0.6 is 0 Å². The van der Waals surface area contributed by atoms with Crippen molar-refractivity contribution in [1.29, 1.82) is 0 Å². The van der Waals surface area contributed by atoms with Crippen LogP contribution in [0.15, 0.2) is 16.5 Å². The van der Waals surface area contributed by atoms with Crippen LogP contribution in [0.3, 0.4) is 0 Å². The van der Waals surface area contributed by atoms with Crippen LogP contribution in [0.25, 0.3) is 11.6 Å². The zero-order valence-electron chi connectivity index (χ0n) is 8.37. The van der Waals surface area contributed by atoms with Gasteiger partial charge in [0.25, 0.3) is 0 Å². The number of aryl methyl sites for hydroxylation is 2. The maximum Gasteiger partial charge on any atom is 0.216 e. The van der Waals surface area contributed by atoms with Gasteiger partial charge in [0.05, 0.1) is 0 Å². The molecule has 74 valence electrons. The number of hydrogen-bond acceptors (Lipinski definition) is 3. The molecule has 2 heterocycles. The summed E-state index contributed by atoms with van der Waals surface area (Å²) >= 11 is 0. The molecule has 0 aliphatic heterocycles. The second kappa shape index (κ2) is 3.65. The number of rotatable bonds is 3. The Kier molecular flexibility index (Phi) is 2.35. The molecule has 0 spiro atoms. The molecular formula is C10H13N3O. The summed E-state index contributed by atoms with van der Waals surface area (Å²) in [7, 11) is 0. The highest BCUT2D eigenvalue weighted by atomic mass is 16.3. The van der Waals surface area contributed by atoms with Crippen LogP contribution in [0.4, 0.5) is 0 Å². The summed E-state index contributed by atoms with van der Waals surface area (Å²) in [5.74, 6) is 3.22. The fourth-order valence-electron chi connectivity index (χ4n) is 1.25. The van der Waals surface area contributed by atoms with E-state index in [2.05, 4.69) is 22.1 Å². The molecule has 0 saturated heterocycles. The highest BCUT2D eigenvalue weighted by molar-refractivity contribution is 5.46. The first-order valence-electron chi connectivity index (χ1n) is 4.83. The van der Waals surface area contributed by atoms with Gasteiger partial charge in [-0.3, -0.25) is 5.10 Å². The molecule has 0 aliphatic rings. The van der Waals surface area contributed by atoms with Crippen molar-refractivity contribution in [3.05, 3.63) is 23.7 Å². The summed E-state index contributed by atoms with van der Waals surface area (Å²) in [4.78, 5) is 4.29. The maximum atomic E-state index is 5.53. The van der Waals surface area contributed by atoms with Gasteiger partial charge in [0.15, 0.2) is 5.76 Å². The van der Waals surface area contributed by atoms with Gasteiger partial charge in [0.2, 0.25) is 5.82 Å². The second-order valence-electron chi connectivity index (χ2n) is 3.08. The van der Waals surface area contributed by atoms with Crippen molar-refractivity contribution in [3.8, 4) is 11.6 Å². The van der Waals surface area contributed by atoms with Crippen molar-refractivity contribution in [2.45, 2.75) is 26.7 Å². The first-order chi connectivity index (χ1) is 6.83. The van der Waals surface area contributed by atoms with Crippen LogP contribution in [0.2, 0.25) is 0 Å². The summed E-state index contributed by atoms with van der Waals surface area (Å²) in [6, 6.07) is 3.86. The Bertz CT molecular complexity index is 376. The van der Waals surface area contributed by atoms with Crippen LogP contribution in [0.1, 0.15) is 25.4 Å². The molecule has 0 fully saturated rings. The van der Waals surface area contributed by atoms with Crippen LogP contribution < -0.4 is 0 Å². The Balaban J connectivity index is 2.29. The van der Waals surface area contributed by atoms with Crippen molar-refractivity contribution in [2.24, 2.45) is 0 Å². The lowest BCUT2D eigenvalue weighted by Gasteiger charge is -1.88. The third-order valence-corrected chi connectivity index (χ3v) is 2.10. The lowest BCUT2D eigenvalue weighted by molar-refractivity contribution is 0.526. The number of aromatic amines is 1. The third-order valence-electron chi connectivity index (χ3n) is 2.10. The maximum absolute atomic E-state index is 5.53. The fraction of sp³-hybridized carbons (Fsp3) is 0.400. The summed E-state index contributed by atoms with van der Waals surface area (Å²) in [6.45, 7) is 4.09. The van der Waals surface area contributed by atoms with Crippen molar-refractivity contribution in [2.75, 3.05) is 0 Å². The van der Waals surface area contributed by atoms with E-state index in [-0.39, 0.29) is 0 Å². The van der Waals surface area contributed by atoms with E-state index >= 15 is 0 Å². The highest BCUT2D eigenvalue weighted by Gasteiger charge is 2.08. The quantitative estimate of drug-likeness (QED) is 0.809. The van der Waals surface area contributed by atoms with E-state index in [9.17, 15) is 0 Å². The molecule has 2 aromatic rings. The minimum Gasteiger partial charge on any atom is -0.458 e. The van der Waals surface area contributed by atoms with Gasteiger partial charge in [0.1, 0.15) is 11.6 Å². The Morgan fingerprint density at radius 3 is 2.71 bits per heavy atom. The molecule has 0 saturated carbocycles. The highest BCUT2D eigenvalue weighted by Crippen LogP contribution is 2.18. The number of nitrogens with one attached hydrogen (secondary N) is 1. The lowest BCUT2D eigenvalue weighted by atomic mass is 10.3. The zero-order chi connectivity index (χ0) is 9.97. The lowest BCUT2D eigenvalue weighted by Crippen LogP contribution is -1.81. The van der Waals surface area contributed by atoms with E-state index in [1.165, 1.54) is 0 Å². The van der Waals surface area contributed by atoms with E-state index in [0.717, 1.165) is 30.2 Å². The van der Waals surface area contributed by atoms with E-state index in [1.54, 1.807) is 0 Å². The van der Waals surface area contributed by atoms with E-state index < -0.39 is 0 Å². The van der Waals surface area contributed by atoms with Crippen LogP contribution in [-0.2, 0) is 12.8 Å². The SMILES string of the molecule is CCc1nc(-c2ccc(CC)o2)n[nH]1. The standard InChI is InChI=1S/C10H13N3O/c1-3-7-5-6-8(14-7)10-11-9(4-2)12-13-10/h5-6H,3-4H2,1-2H3,(H,11,12,13). The van der Waals surface area contributed by atoms with Gasteiger partial charge in [-0.05, 0) is 12.1 Å². The van der Waals surface area contributed by atoms with Crippen molar-refractivity contribution in [1.82, 2.24) is 15.2 Å². The molecule has 4 heteroatoms. The second-order valence-corrected chi connectivity index (χ2v) is 3.08. The molecule has 14 heavy (non-hydrogen) atoms. The minimum atomic E-state index is 0.640. The van der Waals surface area contributed by atoms with Crippen LogP contribution in [0, 0.1) is 0 Å². The zero-order valence-corrected chi connectivity index (χ0v) is 8.37.